The molecule has 0 heterocycles. The number of benzene rings is 3. The average Bonchev–Trinajstić information content (AvgIpc) is 2.73. The molecular formula is C24H24N2OS. The number of thioether (sulfide) groups is 1. The van der Waals surface area contributed by atoms with Gasteiger partial charge in [0.2, 0.25) is 0 Å². The van der Waals surface area contributed by atoms with E-state index in [4.69, 9.17) is 0 Å². The molecule has 0 saturated carbocycles. The summed E-state index contributed by atoms with van der Waals surface area (Å²) in [7, 11) is 0. The SMILES string of the molecule is CC(C)c1ccc(/C=N\NC(=O)c2ccc(CSc3ccccc3)cc2)cc1. The Hall–Kier alpha value is -2.85. The minimum atomic E-state index is -0.211. The van der Waals surface area contributed by atoms with Gasteiger partial charge in [-0.2, -0.15) is 5.10 Å². The normalized spacial score (nSPS) is 11.1. The molecule has 0 atom stereocenters. The van der Waals surface area contributed by atoms with Gasteiger partial charge < -0.3 is 0 Å². The molecule has 0 aliphatic carbocycles. The Balaban J connectivity index is 1.51. The Morgan fingerprint density at radius 1 is 0.964 bits per heavy atom. The molecule has 0 radical (unpaired) electrons. The van der Waals surface area contributed by atoms with Crippen molar-refractivity contribution in [2.45, 2.75) is 30.4 Å². The molecule has 3 rings (SSSR count). The van der Waals surface area contributed by atoms with Crippen LogP contribution in [0.15, 0.2) is 88.9 Å². The fraction of sp³-hybridized carbons (Fsp3) is 0.167. The zero-order valence-corrected chi connectivity index (χ0v) is 16.9. The van der Waals surface area contributed by atoms with Crippen LogP contribution in [0, 0.1) is 0 Å². The summed E-state index contributed by atoms with van der Waals surface area (Å²) in [4.78, 5) is 13.5. The molecule has 0 spiro atoms. The zero-order valence-electron chi connectivity index (χ0n) is 16.1. The second-order valence-electron chi connectivity index (χ2n) is 6.82. The van der Waals surface area contributed by atoms with Crippen LogP contribution in [0.5, 0.6) is 0 Å². The van der Waals surface area contributed by atoms with Crippen LogP contribution in [0.4, 0.5) is 0 Å². The maximum Gasteiger partial charge on any atom is 0.271 e. The second kappa shape index (κ2) is 9.90. The van der Waals surface area contributed by atoms with Crippen LogP contribution in [-0.4, -0.2) is 12.1 Å². The predicted molar refractivity (Wildman–Crippen MR) is 118 cm³/mol. The van der Waals surface area contributed by atoms with Gasteiger partial charge in [0.1, 0.15) is 0 Å². The molecule has 0 bridgehead atoms. The van der Waals surface area contributed by atoms with E-state index in [1.165, 1.54) is 16.0 Å². The maximum atomic E-state index is 12.2. The number of hydrazone groups is 1. The van der Waals surface area contributed by atoms with Crippen LogP contribution in [0.1, 0.15) is 46.8 Å². The first-order valence-corrected chi connectivity index (χ1v) is 10.3. The zero-order chi connectivity index (χ0) is 19.8. The summed E-state index contributed by atoms with van der Waals surface area (Å²) < 4.78 is 0. The Morgan fingerprint density at radius 2 is 1.64 bits per heavy atom. The van der Waals surface area contributed by atoms with E-state index in [0.29, 0.717) is 11.5 Å². The molecule has 1 amide bonds. The van der Waals surface area contributed by atoms with Gasteiger partial charge in [0.25, 0.3) is 5.91 Å². The first kappa shape index (κ1) is 19.9. The van der Waals surface area contributed by atoms with Crippen molar-refractivity contribution in [2.24, 2.45) is 5.10 Å². The van der Waals surface area contributed by atoms with E-state index in [1.54, 1.807) is 18.0 Å². The number of hydrogen-bond donors (Lipinski definition) is 1. The van der Waals surface area contributed by atoms with Crippen LogP contribution in [0.25, 0.3) is 0 Å². The highest BCUT2D eigenvalue weighted by molar-refractivity contribution is 7.98. The molecule has 142 valence electrons. The Morgan fingerprint density at radius 3 is 2.29 bits per heavy atom. The summed E-state index contributed by atoms with van der Waals surface area (Å²) in [6.07, 6.45) is 1.66. The second-order valence-corrected chi connectivity index (χ2v) is 7.87. The highest BCUT2D eigenvalue weighted by Gasteiger charge is 2.04. The molecule has 3 aromatic carbocycles. The van der Waals surface area contributed by atoms with Crippen LogP contribution in [-0.2, 0) is 5.75 Å². The van der Waals surface area contributed by atoms with Crippen molar-refractivity contribution < 1.29 is 4.79 Å². The van der Waals surface area contributed by atoms with Crippen molar-refractivity contribution in [3.63, 3.8) is 0 Å². The van der Waals surface area contributed by atoms with Gasteiger partial charge in [-0.05, 0) is 46.9 Å². The number of hydrogen-bond acceptors (Lipinski definition) is 3. The van der Waals surface area contributed by atoms with Gasteiger partial charge in [-0.15, -0.1) is 11.8 Å². The number of carbonyl (C=O) groups excluding carboxylic acids is 1. The first-order valence-electron chi connectivity index (χ1n) is 9.32. The van der Waals surface area contributed by atoms with Gasteiger partial charge in [0, 0.05) is 16.2 Å². The summed E-state index contributed by atoms with van der Waals surface area (Å²) in [5.41, 5.74) is 6.61. The van der Waals surface area contributed by atoms with Gasteiger partial charge in [-0.1, -0.05) is 68.4 Å². The molecule has 3 nitrogen and oxygen atoms in total. The monoisotopic (exact) mass is 388 g/mol. The number of nitrogens with one attached hydrogen (secondary N) is 1. The molecular weight excluding hydrogens is 364 g/mol. The van der Waals surface area contributed by atoms with Gasteiger partial charge >= 0.3 is 0 Å². The van der Waals surface area contributed by atoms with Crippen LogP contribution in [0.3, 0.4) is 0 Å². The van der Waals surface area contributed by atoms with E-state index < -0.39 is 0 Å². The fourth-order valence-electron chi connectivity index (χ4n) is 2.63. The van der Waals surface area contributed by atoms with E-state index in [1.807, 2.05) is 54.6 Å². The Kier molecular flexibility index (Phi) is 7.04. The fourth-order valence-corrected chi connectivity index (χ4v) is 3.51. The van der Waals surface area contributed by atoms with E-state index in [9.17, 15) is 4.79 Å². The Bertz CT molecular complexity index is 917. The lowest BCUT2D eigenvalue weighted by molar-refractivity contribution is 0.0955. The summed E-state index contributed by atoms with van der Waals surface area (Å²) >= 11 is 1.78. The van der Waals surface area contributed by atoms with Crippen molar-refractivity contribution in [3.8, 4) is 0 Å². The van der Waals surface area contributed by atoms with Crippen molar-refractivity contribution in [2.75, 3.05) is 0 Å². The van der Waals surface area contributed by atoms with Gasteiger partial charge in [0.15, 0.2) is 0 Å². The van der Waals surface area contributed by atoms with E-state index in [2.05, 4.69) is 48.6 Å². The van der Waals surface area contributed by atoms with Gasteiger partial charge in [-0.25, -0.2) is 5.43 Å². The quantitative estimate of drug-likeness (QED) is 0.313. The van der Waals surface area contributed by atoms with Crippen molar-refractivity contribution in [1.82, 2.24) is 5.43 Å². The lowest BCUT2D eigenvalue weighted by atomic mass is 10.0. The van der Waals surface area contributed by atoms with Gasteiger partial charge in [-0.3, -0.25) is 4.79 Å². The molecule has 4 heteroatoms. The number of rotatable bonds is 7. The maximum absolute atomic E-state index is 12.2. The summed E-state index contributed by atoms with van der Waals surface area (Å²) in [6, 6.07) is 26.1. The molecule has 0 aromatic heterocycles. The number of carbonyl (C=O) groups is 1. The number of amides is 1. The molecule has 28 heavy (non-hydrogen) atoms. The average molecular weight is 389 g/mol. The first-order chi connectivity index (χ1) is 13.6. The van der Waals surface area contributed by atoms with Gasteiger partial charge in [0.05, 0.1) is 6.21 Å². The largest absolute Gasteiger partial charge is 0.271 e. The third kappa shape index (κ3) is 5.83. The standard InChI is InChI=1S/C24H24N2OS/c1-18(2)21-12-8-19(9-13-21)16-25-26-24(27)22-14-10-20(11-15-22)17-28-23-6-4-3-5-7-23/h3-16,18H,17H2,1-2H3,(H,26,27)/b25-16-. The van der Waals surface area contributed by atoms with Crippen molar-refractivity contribution in [1.29, 1.82) is 0 Å². The minimum Gasteiger partial charge on any atom is -0.267 e. The Labute approximate surface area is 170 Å². The van der Waals surface area contributed by atoms with Crippen LogP contribution >= 0.6 is 11.8 Å². The molecule has 1 N–H and O–H groups in total. The summed E-state index contributed by atoms with van der Waals surface area (Å²) in [6.45, 7) is 4.32. The molecule has 0 unspecified atom stereocenters. The molecule has 0 aliphatic heterocycles. The van der Waals surface area contributed by atoms with E-state index >= 15 is 0 Å². The van der Waals surface area contributed by atoms with Crippen LogP contribution in [0.2, 0.25) is 0 Å². The highest BCUT2D eigenvalue weighted by Crippen LogP contribution is 2.22. The smallest absolute Gasteiger partial charge is 0.267 e. The topological polar surface area (TPSA) is 41.5 Å². The molecule has 3 aromatic rings. The third-order valence-corrected chi connectivity index (χ3v) is 5.43. The third-order valence-electron chi connectivity index (χ3n) is 4.35. The predicted octanol–water partition coefficient (Wildman–Crippen LogP) is 5.87. The lowest BCUT2D eigenvalue weighted by Crippen LogP contribution is -2.17. The molecule has 0 saturated heterocycles. The highest BCUT2D eigenvalue weighted by atomic mass is 32.2. The van der Waals surface area contributed by atoms with Crippen molar-refractivity contribution in [3.05, 3.63) is 101 Å². The van der Waals surface area contributed by atoms with Crippen molar-refractivity contribution >= 4 is 23.9 Å². The molecule has 0 aliphatic rings. The number of nitrogens with zero attached hydrogens (tertiary/aromatic N) is 1. The lowest BCUT2D eigenvalue weighted by Gasteiger charge is -2.05. The van der Waals surface area contributed by atoms with E-state index in [-0.39, 0.29) is 5.91 Å². The molecule has 0 fully saturated rings. The minimum absolute atomic E-state index is 0.211. The summed E-state index contributed by atoms with van der Waals surface area (Å²) in [5, 5.41) is 4.06. The summed E-state index contributed by atoms with van der Waals surface area (Å²) in [5.74, 6) is 1.16. The van der Waals surface area contributed by atoms with E-state index in [0.717, 1.165) is 11.3 Å². The van der Waals surface area contributed by atoms with Crippen LogP contribution < -0.4 is 5.43 Å².